The molecule has 15 heavy (non-hydrogen) atoms. The number of H-pyrrole nitrogens is 1. The van der Waals surface area contributed by atoms with Gasteiger partial charge in [-0.15, -0.1) is 0 Å². The molecule has 0 radical (unpaired) electrons. The monoisotopic (exact) mass is 218 g/mol. The van der Waals surface area contributed by atoms with Crippen molar-refractivity contribution in [3.63, 3.8) is 0 Å². The lowest BCUT2D eigenvalue weighted by atomic mass is 10.4. The Kier molecular flexibility index (Phi) is 2.78. The second-order valence-corrected chi connectivity index (χ2v) is 4.07. The SMILES string of the molecule is O=C([O-])c1c[nH]c(Sc2ccccc2)c1. The molecule has 0 fully saturated rings. The fourth-order valence-corrected chi connectivity index (χ4v) is 2.02. The van der Waals surface area contributed by atoms with Gasteiger partial charge in [0.25, 0.3) is 0 Å². The van der Waals surface area contributed by atoms with Gasteiger partial charge in [-0.25, -0.2) is 0 Å². The first-order chi connectivity index (χ1) is 7.25. The van der Waals surface area contributed by atoms with Gasteiger partial charge in [-0.05, 0) is 18.2 Å². The van der Waals surface area contributed by atoms with Crippen LogP contribution in [0.4, 0.5) is 0 Å². The molecule has 0 saturated carbocycles. The second-order valence-electron chi connectivity index (χ2n) is 2.96. The van der Waals surface area contributed by atoms with Crippen molar-refractivity contribution in [3.8, 4) is 0 Å². The normalized spacial score (nSPS) is 10.1. The van der Waals surface area contributed by atoms with Crippen LogP contribution >= 0.6 is 11.8 Å². The lowest BCUT2D eigenvalue weighted by Crippen LogP contribution is -2.21. The lowest BCUT2D eigenvalue weighted by molar-refractivity contribution is -0.255. The molecule has 0 atom stereocenters. The number of rotatable bonds is 3. The van der Waals surface area contributed by atoms with Gasteiger partial charge >= 0.3 is 0 Å². The molecular weight excluding hydrogens is 210 g/mol. The third kappa shape index (κ3) is 2.41. The number of hydrogen-bond acceptors (Lipinski definition) is 3. The van der Waals surface area contributed by atoms with Crippen molar-refractivity contribution in [2.24, 2.45) is 0 Å². The van der Waals surface area contributed by atoms with E-state index in [-0.39, 0.29) is 5.56 Å². The first-order valence-electron chi connectivity index (χ1n) is 4.38. The zero-order chi connectivity index (χ0) is 10.7. The summed E-state index contributed by atoms with van der Waals surface area (Å²) >= 11 is 1.48. The second kappa shape index (κ2) is 4.23. The summed E-state index contributed by atoms with van der Waals surface area (Å²) in [6.07, 6.45) is 1.43. The number of aromatic nitrogens is 1. The largest absolute Gasteiger partial charge is 0.545 e. The molecular formula is C11H8NO2S-. The number of benzene rings is 1. The van der Waals surface area contributed by atoms with Gasteiger partial charge in [0.05, 0.1) is 11.0 Å². The number of aromatic carboxylic acids is 1. The van der Waals surface area contributed by atoms with E-state index in [9.17, 15) is 9.90 Å². The minimum atomic E-state index is -1.16. The lowest BCUT2D eigenvalue weighted by Gasteiger charge is -1.97. The minimum absolute atomic E-state index is 0.174. The first-order valence-corrected chi connectivity index (χ1v) is 5.20. The van der Waals surface area contributed by atoms with E-state index in [0.29, 0.717) is 0 Å². The minimum Gasteiger partial charge on any atom is -0.545 e. The molecule has 1 N–H and O–H groups in total. The molecule has 0 bridgehead atoms. The van der Waals surface area contributed by atoms with Gasteiger partial charge in [-0.2, -0.15) is 0 Å². The summed E-state index contributed by atoms with van der Waals surface area (Å²) in [6, 6.07) is 11.3. The van der Waals surface area contributed by atoms with E-state index in [2.05, 4.69) is 4.98 Å². The molecule has 1 heterocycles. The summed E-state index contributed by atoms with van der Waals surface area (Å²) in [6.45, 7) is 0. The van der Waals surface area contributed by atoms with Crippen LogP contribution in [0.25, 0.3) is 0 Å². The topological polar surface area (TPSA) is 55.9 Å². The molecule has 1 aromatic carbocycles. The highest BCUT2D eigenvalue weighted by atomic mass is 32.2. The average Bonchev–Trinajstić information content (AvgIpc) is 2.68. The fourth-order valence-electron chi connectivity index (χ4n) is 1.17. The number of carboxylic acids is 1. The van der Waals surface area contributed by atoms with E-state index in [4.69, 9.17) is 0 Å². The third-order valence-corrected chi connectivity index (χ3v) is 2.83. The van der Waals surface area contributed by atoms with Crippen LogP contribution in [-0.4, -0.2) is 11.0 Å². The van der Waals surface area contributed by atoms with E-state index >= 15 is 0 Å². The standard InChI is InChI=1S/C11H9NO2S/c13-11(14)8-6-10(12-7-8)15-9-4-2-1-3-5-9/h1-7,12H,(H,13,14)/p-1. The van der Waals surface area contributed by atoms with Crippen molar-refractivity contribution >= 4 is 17.7 Å². The van der Waals surface area contributed by atoms with E-state index in [1.54, 1.807) is 6.07 Å². The highest BCUT2D eigenvalue weighted by Gasteiger charge is 2.01. The van der Waals surface area contributed by atoms with Crippen molar-refractivity contribution in [2.75, 3.05) is 0 Å². The first kappa shape index (κ1) is 9.86. The van der Waals surface area contributed by atoms with Crippen LogP contribution < -0.4 is 5.11 Å². The van der Waals surface area contributed by atoms with Gasteiger partial charge in [0.2, 0.25) is 0 Å². The molecule has 76 valence electrons. The Morgan fingerprint density at radius 2 is 2.00 bits per heavy atom. The van der Waals surface area contributed by atoms with Gasteiger partial charge in [0, 0.05) is 16.7 Å². The zero-order valence-electron chi connectivity index (χ0n) is 7.77. The Labute approximate surface area is 91.1 Å². The Balaban J connectivity index is 2.15. The third-order valence-electron chi connectivity index (χ3n) is 1.86. The summed E-state index contributed by atoms with van der Waals surface area (Å²) in [5.74, 6) is -1.16. The van der Waals surface area contributed by atoms with E-state index in [1.165, 1.54) is 18.0 Å². The van der Waals surface area contributed by atoms with E-state index in [0.717, 1.165) is 9.92 Å². The maximum atomic E-state index is 10.5. The predicted octanol–water partition coefficient (Wildman–Crippen LogP) is 1.53. The van der Waals surface area contributed by atoms with Crippen LogP contribution in [0.5, 0.6) is 0 Å². The van der Waals surface area contributed by atoms with Crippen molar-refractivity contribution in [2.45, 2.75) is 9.92 Å². The van der Waals surface area contributed by atoms with Gasteiger partial charge in [0.15, 0.2) is 0 Å². The van der Waals surface area contributed by atoms with Gasteiger partial charge in [0.1, 0.15) is 0 Å². The number of carbonyl (C=O) groups excluding carboxylic acids is 1. The van der Waals surface area contributed by atoms with Crippen LogP contribution in [-0.2, 0) is 0 Å². The molecule has 1 aromatic heterocycles. The van der Waals surface area contributed by atoms with E-state index in [1.807, 2.05) is 30.3 Å². The van der Waals surface area contributed by atoms with Gasteiger partial charge < -0.3 is 14.9 Å². The molecule has 0 spiro atoms. The summed E-state index contributed by atoms with van der Waals surface area (Å²) in [5.41, 5.74) is 0.174. The Morgan fingerprint density at radius 1 is 1.27 bits per heavy atom. The smallest absolute Gasteiger partial charge is 0.0776 e. The van der Waals surface area contributed by atoms with Crippen molar-refractivity contribution in [1.82, 2.24) is 4.98 Å². The van der Waals surface area contributed by atoms with Crippen molar-refractivity contribution in [1.29, 1.82) is 0 Å². The van der Waals surface area contributed by atoms with Crippen molar-refractivity contribution in [3.05, 3.63) is 48.2 Å². The predicted molar refractivity (Wildman–Crippen MR) is 55.7 cm³/mol. The Morgan fingerprint density at radius 3 is 2.60 bits per heavy atom. The van der Waals surface area contributed by atoms with Gasteiger partial charge in [-0.1, -0.05) is 30.0 Å². The number of carboxylic acid groups (broad SMARTS) is 1. The highest BCUT2D eigenvalue weighted by molar-refractivity contribution is 7.99. The van der Waals surface area contributed by atoms with Crippen LogP contribution in [0.1, 0.15) is 10.4 Å². The number of nitrogens with one attached hydrogen (secondary N) is 1. The summed E-state index contributed by atoms with van der Waals surface area (Å²) in [5, 5.41) is 11.3. The van der Waals surface area contributed by atoms with E-state index < -0.39 is 5.97 Å². The fraction of sp³-hybridized carbons (Fsp3) is 0. The molecule has 0 aliphatic rings. The number of carbonyl (C=O) groups is 1. The molecule has 0 unspecified atom stereocenters. The molecule has 0 saturated heterocycles. The molecule has 2 rings (SSSR count). The summed E-state index contributed by atoms with van der Waals surface area (Å²) in [7, 11) is 0. The zero-order valence-corrected chi connectivity index (χ0v) is 8.58. The Hall–Kier alpha value is -1.68. The average molecular weight is 218 g/mol. The molecule has 3 nitrogen and oxygen atoms in total. The molecule has 4 heteroatoms. The Bertz CT molecular complexity index is 464. The number of aromatic amines is 1. The molecule has 0 amide bonds. The van der Waals surface area contributed by atoms with Crippen LogP contribution in [0, 0.1) is 0 Å². The van der Waals surface area contributed by atoms with Crippen LogP contribution in [0.15, 0.2) is 52.5 Å². The molecule has 0 aliphatic carbocycles. The summed E-state index contributed by atoms with van der Waals surface area (Å²) in [4.78, 5) is 14.5. The van der Waals surface area contributed by atoms with Crippen LogP contribution in [0.2, 0.25) is 0 Å². The van der Waals surface area contributed by atoms with Crippen LogP contribution in [0.3, 0.4) is 0 Å². The van der Waals surface area contributed by atoms with Crippen molar-refractivity contribution < 1.29 is 9.90 Å². The maximum Gasteiger partial charge on any atom is 0.0776 e. The van der Waals surface area contributed by atoms with Gasteiger partial charge in [-0.3, -0.25) is 0 Å². The summed E-state index contributed by atoms with van der Waals surface area (Å²) < 4.78 is 0. The quantitative estimate of drug-likeness (QED) is 0.850. The highest BCUT2D eigenvalue weighted by Crippen LogP contribution is 2.26. The molecule has 0 aliphatic heterocycles. The maximum absolute atomic E-state index is 10.5. The number of hydrogen-bond donors (Lipinski definition) is 1. The molecule has 2 aromatic rings.